The molecule has 17 heteroatoms. The van der Waals surface area contributed by atoms with Gasteiger partial charge in [-0.05, 0) is 56.9 Å². The van der Waals surface area contributed by atoms with Crippen LogP contribution in [0.5, 0.6) is 0 Å². The summed E-state index contributed by atoms with van der Waals surface area (Å²) in [6.07, 6.45) is 10.1. The van der Waals surface area contributed by atoms with Gasteiger partial charge >= 0.3 is 7.82 Å². The number of carbonyl (C=O) groups excluding carboxylic acids is 6. The number of unbranched alkanes of at least 4 members (excludes halogenated alkanes) is 5. The zero-order valence-corrected chi connectivity index (χ0v) is 35.8. The number of aliphatic hydroxyl groups is 1. The van der Waals surface area contributed by atoms with E-state index in [1.807, 2.05) is 24.5 Å². The molecule has 3 amide bonds. The Morgan fingerprint density at radius 2 is 1.61 bits per heavy atom. The standard InChI is InChI=1S/C42H64N5O11P/c1-29(2)21-36(44-42(54)38-18-14-20-47(38)31(4)50)39(51)23-33(41(53)45-37(27-49)40(52)24-34(26-48)30(3)58-59(55,56)57)22-35-25-43-28-46(35)19-13-8-6-5-7-10-15-32-16-11-9-12-17-32/h9,11-12,16-17,25-26,28-30,33-34,36-38,49H,5-8,10,13-15,18-24,27H2,1-4H3,(H,44,54)(H,45,53)(H2,55,56,57)/t30-,33-,34-,36+,37+,38+/m1/s1. The smallest absolute Gasteiger partial charge is 0.394 e. The molecule has 1 fully saturated rings. The van der Waals surface area contributed by atoms with Crippen molar-refractivity contribution in [3.8, 4) is 0 Å². The van der Waals surface area contributed by atoms with E-state index in [4.69, 9.17) is 0 Å². The van der Waals surface area contributed by atoms with Crippen LogP contribution in [0.1, 0.15) is 110 Å². The van der Waals surface area contributed by atoms with Gasteiger partial charge in [-0.25, -0.2) is 9.55 Å². The molecule has 0 aliphatic carbocycles. The number of imidazole rings is 1. The molecule has 16 nitrogen and oxygen atoms in total. The Labute approximate surface area is 347 Å². The summed E-state index contributed by atoms with van der Waals surface area (Å²) < 4.78 is 17.8. The van der Waals surface area contributed by atoms with Gasteiger partial charge in [0.15, 0.2) is 11.6 Å². The van der Waals surface area contributed by atoms with Crippen LogP contribution >= 0.6 is 7.82 Å². The van der Waals surface area contributed by atoms with Gasteiger partial charge < -0.3 is 39.8 Å². The number of likely N-dealkylation sites (tertiary alicyclic amines) is 1. The third-order valence-electron chi connectivity index (χ3n) is 10.8. The number of ketones is 2. The number of carbonyl (C=O) groups is 6. The average Bonchev–Trinajstić information content (AvgIpc) is 3.86. The molecule has 0 saturated carbocycles. The van der Waals surface area contributed by atoms with Crippen LogP contribution in [0.25, 0.3) is 0 Å². The number of aldehydes is 1. The van der Waals surface area contributed by atoms with Crippen LogP contribution in [0.4, 0.5) is 0 Å². The summed E-state index contributed by atoms with van der Waals surface area (Å²) in [4.78, 5) is 103. The number of rotatable bonds is 28. The summed E-state index contributed by atoms with van der Waals surface area (Å²) in [5.74, 6) is -5.01. The van der Waals surface area contributed by atoms with Crippen molar-refractivity contribution in [2.24, 2.45) is 17.8 Å². The molecule has 5 N–H and O–H groups in total. The quantitative estimate of drug-likeness (QED) is 0.0467. The van der Waals surface area contributed by atoms with E-state index < -0.39 is 80.3 Å². The van der Waals surface area contributed by atoms with Gasteiger partial charge in [-0.15, -0.1) is 0 Å². The van der Waals surface area contributed by atoms with Crippen molar-refractivity contribution in [1.29, 1.82) is 0 Å². The fourth-order valence-electron chi connectivity index (χ4n) is 7.52. The lowest BCUT2D eigenvalue weighted by Crippen LogP contribution is -2.52. The van der Waals surface area contributed by atoms with Crippen molar-refractivity contribution < 1.29 is 52.7 Å². The highest BCUT2D eigenvalue weighted by atomic mass is 31.2. The van der Waals surface area contributed by atoms with Gasteiger partial charge in [0.05, 0.1) is 31.0 Å². The summed E-state index contributed by atoms with van der Waals surface area (Å²) in [5.41, 5.74) is 2.01. The molecule has 0 radical (unpaired) electrons. The van der Waals surface area contributed by atoms with E-state index in [1.165, 1.54) is 24.3 Å². The summed E-state index contributed by atoms with van der Waals surface area (Å²) in [6.45, 7) is 6.61. The highest BCUT2D eigenvalue weighted by Gasteiger charge is 2.37. The van der Waals surface area contributed by atoms with E-state index in [-0.39, 0.29) is 31.1 Å². The van der Waals surface area contributed by atoms with E-state index in [0.717, 1.165) is 44.9 Å². The number of Topliss-reactive ketones (excluding diaryl/α,β-unsaturated/α-hetero) is 2. The number of amides is 3. The van der Waals surface area contributed by atoms with Gasteiger partial charge in [0, 0.05) is 57.1 Å². The second kappa shape index (κ2) is 24.9. The van der Waals surface area contributed by atoms with Crippen LogP contribution in [-0.2, 0) is 57.2 Å². The monoisotopic (exact) mass is 845 g/mol. The molecule has 0 spiro atoms. The van der Waals surface area contributed by atoms with Crippen molar-refractivity contribution >= 4 is 43.4 Å². The predicted octanol–water partition coefficient (Wildman–Crippen LogP) is 3.88. The van der Waals surface area contributed by atoms with Crippen LogP contribution in [0.2, 0.25) is 0 Å². The number of aryl methyl sites for hydroxylation is 2. The normalized spacial score (nSPS) is 16.9. The fourth-order valence-corrected chi connectivity index (χ4v) is 8.11. The topological polar surface area (TPSA) is 235 Å². The number of nitrogens with one attached hydrogen (secondary N) is 2. The van der Waals surface area contributed by atoms with E-state index in [1.54, 1.807) is 12.5 Å². The summed E-state index contributed by atoms with van der Waals surface area (Å²) in [7, 11) is -4.98. The van der Waals surface area contributed by atoms with Crippen LogP contribution in [0, 0.1) is 17.8 Å². The molecule has 3 rings (SSSR count). The summed E-state index contributed by atoms with van der Waals surface area (Å²) in [5, 5.41) is 15.6. The maximum Gasteiger partial charge on any atom is 0.469 e. The number of hydrogen-bond acceptors (Lipinski definition) is 10. The zero-order chi connectivity index (χ0) is 43.5. The Morgan fingerprint density at radius 1 is 0.949 bits per heavy atom. The first kappa shape index (κ1) is 49.3. The fraction of sp³-hybridized carbons (Fsp3) is 0.643. The van der Waals surface area contributed by atoms with E-state index in [0.29, 0.717) is 37.9 Å². The number of aliphatic hydroxyl groups excluding tert-OH is 1. The molecular formula is C42H64N5O11P. The molecule has 6 atom stereocenters. The number of aromatic nitrogens is 2. The van der Waals surface area contributed by atoms with Crippen molar-refractivity contribution in [3.63, 3.8) is 0 Å². The Balaban J connectivity index is 1.74. The number of benzene rings is 1. The van der Waals surface area contributed by atoms with Gasteiger partial charge in [-0.1, -0.05) is 69.9 Å². The van der Waals surface area contributed by atoms with Crippen LogP contribution in [-0.4, -0.2) is 102 Å². The molecule has 1 aliphatic heterocycles. The molecule has 2 aromatic rings. The van der Waals surface area contributed by atoms with Gasteiger partial charge in [-0.3, -0.25) is 28.5 Å². The van der Waals surface area contributed by atoms with Gasteiger partial charge in [0.1, 0.15) is 18.4 Å². The Kier molecular flexibility index (Phi) is 20.8. The van der Waals surface area contributed by atoms with E-state index >= 15 is 0 Å². The highest BCUT2D eigenvalue weighted by molar-refractivity contribution is 7.46. The zero-order valence-electron chi connectivity index (χ0n) is 34.9. The van der Waals surface area contributed by atoms with Gasteiger partial charge in [0.2, 0.25) is 17.7 Å². The minimum atomic E-state index is -4.98. The molecule has 1 aromatic heterocycles. The molecule has 0 unspecified atom stereocenters. The lowest BCUT2D eigenvalue weighted by atomic mass is 9.89. The maximum atomic E-state index is 14.1. The molecular weight excluding hydrogens is 781 g/mol. The van der Waals surface area contributed by atoms with Gasteiger partial charge in [0.25, 0.3) is 0 Å². The number of hydrogen-bond donors (Lipinski definition) is 5. The largest absolute Gasteiger partial charge is 0.469 e. The van der Waals surface area contributed by atoms with Crippen LogP contribution in [0.15, 0.2) is 42.9 Å². The minimum Gasteiger partial charge on any atom is -0.394 e. The van der Waals surface area contributed by atoms with Crippen LogP contribution in [0.3, 0.4) is 0 Å². The van der Waals surface area contributed by atoms with E-state index in [9.17, 15) is 48.2 Å². The Morgan fingerprint density at radius 3 is 2.24 bits per heavy atom. The van der Waals surface area contributed by atoms with Crippen molar-refractivity contribution in [3.05, 3.63) is 54.1 Å². The molecule has 0 bridgehead atoms. The maximum absolute atomic E-state index is 14.1. The molecule has 328 valence electrons. The first-order valence-electron chi connectivity index (χ1n) is 20.8. The number of phosphoric acid groups is 1. The third-order valence-corrected chi connectivity index (χ3v) is 11.4. The lowest BCUT2D eigenvalue weighted by molar-refractivity contribution is -0.138. The molecule has 2 heterocycles. The van der Waals surface area contributed by atoms with Gasteiger partial charge in [-0.2, -0.15) is 0 Å². The van der Waals surface area contributed by atoms with Crippen LogP contribution < -0.4 is 10.6 Å². The van der Waals surface area contributed by atoms with Crippen molar-refractivity contribution in [2.45, 2.75) is 142 Å². The number of phosphoric ester groups is 1. The van der Waals surface area contributed by atoms with Crippen molar-refractivity contribution in [2.75, 3.05) is 13.2 Å². The Hall–Kier alpha value is -4.08. The first-order valence-corrected chi connectivity index (χ1v) is 22.3. The minimum absolute atomic E-state index is 0.0200. The van der Waals surface area contributed by atoms with E-state index in [2.05, 4.69) is 44.4 Å². The summed E-state index contributed by atoms with van der Waals surface area (Å²) in [6, 6.07) is 7.22. The summed E-state index contributed by atoms with van der Waals surface area (Å²) >= 11 is 0. The molecule has 1 saturated heterocycles. The second-order valence-corrected chi connectivity index (χ2v) is 17.3. The Bertz CT molecular complexity index is 1710. The highest BCUT2D eigenvalue weighted by Crippen LogP contribution is 2.39. The first-order chi connectivity index (χ1) is 28.0. The number of nitrogens with zero attached hydrogens (tertiary/aromatic N) is 3. The molecule has 59 heavy (non-hydrogen) atoms. The third kappa shape index (κ3) is 17.2. The second-order valence-electron chi connectivity index (χ2n) is 16.1. The SMILES string of the molecule is CC(=O)N1CCC[C@H]1C(=O)N[C@@H](CC(C)C)C(=O)C[C@@H](Cc1cncn1CCCCCCCCc1ccccc1)C(=O)N[C@@H](CO)C(=O)C[C@H](C=O)[C@@H](C)OP(=O)(O)O. The molecule has 1 aromatic carbocycles. The lowest BCUT2D eigenvalue weighted by Gasteiger charge is -2.27. The van der Waals surface area contributed by atoms with Crippen molar-refractivity contribution in [1.82, 2.24) is 25.1 Å². The predicted molar refractivity (Wildman–Crippen MR) is 219 cm³/mol. The average molecular weight is 846 g/mol. The molecule has 1 aliphatic rings.